The van der Waals surface area contributed by atoms with Gasteiger partial charge in [0.05, 0.1) is 0 Å². The standard InChI is InChI=1S/C51H70N2O2/c1-6-7-8-9-10-11-12-13-14-15-40-16-18-41(19-17-40)42-28-30-51(31-29-42,43-32-36(2)49(37(3)33-43)54-47-24-20-45(52)21-25-47)44-34-38(4)50(39(5)35-44)55-48-26-22-46(53)23-27-48/h20-27,32-35,40-42H,6-19,28-31,52-53H2,1-5H3/t40-,41-. The molecule has 55 heavy (non-hydrogen) atoms. The third-order valence-electron chi connectivity index (χ3n) is 13.4. The van der Waals surface area contributed by atoms with E-state index in [2.05, 4.69) is 58.9 Å². The van der Waals surface area contributed by atoms with Crippen LogP contribution in [-0.4, -0.2) is 0 Å². The van der Waals surface area contributed by atoms with Crippen LogP contribution in [0.4, 0.5) is 11.4 Å². The Morgan fingerprint density at radius 2 is 0.891 bits per heavy atom. The molecule has 4 nitrogen and oxygen atoms in total. The zero-order valence-corrected chi connectivity index (χ0v) is 34.9. The molecule has 0 unspecified atom stereocenters. The summed E-state index contributed by atoms with van der Waals surface area (Å²) in [6.07, 6.45) is 25.0. The third-order valence-corrected chi connectivity index (χ3v) is 13.4. The van der Waals surface area contributed by atoms with Gasteiger partial charge in [-0.1, -0.05) is 108 Å². The highest BCUT2D eigenvalue weighted by molar-refractivity contribution is 5.55. The Morgan fingerprint density at radius 3 is 1.31 bits per heavy atom. The number of benzene rings is 4. The molecule has 4 heteroatoms. The van der Waals surface area contributed by atoms with E-state index in [0.717, 1.165) is 52.1 Å². The van der Waals surface area contributed by atoms with Crippen LogP contribution in [0.25, 0.3) is 0 Å². The molecule has 0 radical (unpaired) electrons. The van der Waals surface area contributed by atoms with Gasteiger partial charge in [0.2, 0.25) is 0 Å². The SMILES string of the molecule is CCCCCCCCCCC[C@H]1CC[C@H](C2CCC(c3cc(C)c(Oc4ccc(N)cc4)c(C)c3)(c3cc(C)c(Oc4ccc(N)cc4)c(C)c3)CC2)CC1. The normalized spacial score (nSPS) is 18.6. The summed E-state index contributed by atoms with van der Waals surface area (Å²) < 4.78 is 13.0. The zero-order valence-electron chi connectivity index (χ0n) is 34.9. The minimum atomic E-state index is -0.0613. The van der Waals surface area contributed by atoms with Gasteiger partial charge in [-0.15, -0.1) is 0 Å². The van der Waals surface area contributed by atoms with Gasteiger partial charge in [0.15, 0.2) is 0 Å². The second kappa shape index (κ2) is 19.3. The van der Waals surface area contributed by atoms with Gasteiger partial charge in [0.25, 0.3) is 0 Å². The Bertz CT molecular complexity index is 1640. The zero-order chi connectivity index (χ0) is 38.8. The summed E-state index contributed by atoms with van der Waals surface area (Å²) in [4.78, 5) is 0. The van der Waals surface area contributed by atoms with Gasteiger partial charge in [-0.25, -0.2) is 0 Å². The van der Waals surface area contributed by atoms with Crippen LogP contribution >= 0.6 is 0 Å². The van der Waals surface area contributed by atoms with Crippen molar-refractivity contribution in [1.29, 1.82) is 0 Å². The summed E-state index contributed by atoms with van der Waals surface area (Å²) in [5.74, 6) is 6.18. The van der Waals surface area contributed by atoms with Gasteiger partial charge in [0, 0.05) is 16.8 Å². The van der Waals surface area contributed by atoms with E-state index in [1.165, 1.54) is 149 Å². The lowest BCUT2D eigenvalue weighted by Crippen LogP contribution is -2.36. The Kier molecular flexibility index (Phi) is 14.3. The van der Waals surface area contributed by atoms with Crippen molar-refractivity contribution in [3.63, 3.8) is 0 Å². The van der Waals surface area contributed by atoms with Gasteiger partial charge in [0.1, 0.15) is 23.0 Å². The summed E-state index contributed by atoms with van der Waals surface area (Å²) in [5.41, 5.74) is 20.9. The molecule has 0 amide bonds. The Hall–Kier alpha value is -3.92. The fourth-order valence-corrected chi connectivity index (χ4v) is 10.1. The highest BCUT2D eigenvalue weighted by atomic mass is 16.5. The monoisotopic (exact) mass is 743 g/mol. The average molecular weight is 743 g/mol. The minimum absolute atomic E-state index is 0.0613. The molecule has 2 aliphatic rings. The van der Waals surface area contributed by atoms with Crippen LogP contribution < -0.4 is 20.9 Å². The second-order valence-corrected chi connectivity index (χ2v) is 17.5. The number of aryl methyl sites for hydroxylation is 4. The number of hydrogen-bond acceptors (Lipinski definition) is 4. The first-order chi connectivity index (χ1) is 26.6. The molecule has 2 saturated carbocycles. The average Bonchev–Trinajstić information content (AvgIpc) is 3.18. The second-order valence-electron chi connectivity index (χ2n) is 17.5. The molecule has 0 bridgehead atoms. The van der Waals surface area contributed by atoms with Gasteiger partial charge >= 0.3 is 0 Å². The van der Waals surface area contributed by atoms with Crippen molar-refractivity contribution in [1.82, 2.24) is 0 Å². The Morgan fingerprint density at radius 1 is 0.509 bits per heavy atom. The molecular weight excluding hydrogens is 673 g/mol. The van der Waals surface area contributed by atoms with Gasteiger partial charge < -0.3 is 20.9 Å². The van der Waals surface area contributed by atoms with Crippen molar-refractivity contribution in [2.75, 3.05) is 11.5 Å². The predicted octanol–water partition coefficient (Wildman–Crippen LogP) is 14.9. The maximum atomic E-state index is 6.48. The van der Waals surface area contributed by atoms with E-state index in [4.69, 9.17) is 20.9 Å². The molecule has 4 aromatic rings. The predicted molar refractivity (Wildman–Crippen MR) is 234 cm³/mol. The molecule has 6 rings (SSSR count). The molecule has 4 aromatic carbocycles. The number of nitrogen functional groups attached to an aromatic ring is 2. The molecule has 0 spiro atoms. The Labute approximate surface area is 333 Å². The van der Waals surface area contributed by atoms with E-state index in [1.54, 1.807) is 0 Å². The molecule has 2 aliphatic carbocycles. The van der Waals surface area contributed by atoms with Crippen LogP contribution in [0, 0.1) is 45.4 Å². The number of anilines is 2. The van der Waals surface area contributed by atoms with E-state index in [0.29, 0.717) is 0 Å². The van der Waals surface area contributed by atoms with Crippen molar-refractivity contribution >= 4 is 11.4 Å². The van der Waals surface area contributed by atoms with Gasteiger partial charge in [-0.3, -0.25) is 0 Å². The van der Waals surface area contributed by atoms with E-state index >= 15 is 0 Å². The van der Waals surface area contributed by atoms with Crippen LogP contribution in [0.15, 0.2) is 72.8 Å². The summed E-state index contributed by atoms with van der Waals surface area (Å²) in [7, 11) is 0. The lowest BCUT2D eigenvalue weighted by Gasteiger charge is -2.45. The number of ether oxygens (including phenoxy) is 2. The van der Waals surface area contributed by atoms with E-state index in [1.807, 2.05) is 48.5 Å². The van der Waals surface area contributed by atoms with E-state index in [9.17, 15) is 0 Å². The summed E-state index contributed by atoms with van der Waals surface area (Å²) in [6.45, 7) is 11.1. The fraction of sp³-hybridized carbons (Fsp3) is 0.529. The van der Waals surface area contributed by atoms with Crippen molar-refractivity contribution in [3.8, 4) is 23.0 Å². The van der Waals surface area contributed by atoms with Crippen molar-refractivity contribution in [2.24, 2.45) is 17.8 Å². The number of hydrogen-bond donors (Lipinski definition) is 2. The topological polar surface area (TPSA) is 70.5 Å². The lowest BCUT2D eigenvalue weighted by atomic mass is 9.59. The minimum Gasteiger partial charge on any atom is -0.457 e. The molecule has 0 saturated heterocycles. The fourth-order valence-electron chi connectivity index (χ4n) is 10.1. The number of nitrogens with two attached hydrogens (primary N) is 2. The first kappa shape index (κ1) is 40.7. The molecule has 0 aliphatic heterocycles. The summed E-state index contributed by atoms with van der Waals surface area (Å²) >= 11 is 0. The van der Waals surface area contributed by atoms with Crippen LogP contribution in [0.5, 0.6) is 23.0 Å². The van der Waals surface area contributed by atoms with Crippen LogP contribution in [0.1, 0.15) is 156 Å². The van der Waals surface area contributed by atoms with Gasteiger partial charge in [-0.2, -0.15) is 0 Å². The summed E-state index contributed by atoms with van der Waals surface area (Å²) in [5, 5.41) is 0. The molecule has 0 heterocycles. The molecule has 0 atom stereocenters. The molecule has 0 aromatic heterocycles. The van der Waals surface area contributed by atoms with E-state index in [-0.39, 0.29) is 5.41 Å². The Balaban J connectivity index is 1.15. The van der Waals surface area contributed by atoms with Crippen molar-refractivity contribution in [2.45, 2.75) is 156 Å². The maximum Gasteiger partial charge on any atom is 0.133 e. The smallest absolute Gasteiger partial charge is 0.133 e. The highest BCUT2D eigenvalue weighted by Gasteiger charge is 2.42. The lowest BCUT2D eigenvalue weighted by molar-refractivity contribution is 0.140. The first-order valence-electron chi connectivity index (χ1n) is 22.0. The molecular formula is C51H70N2O2. The van der Waals surface area contributed by atoms with Crippen molar-refractivity contribution in [3.05, 3.63) is 106 Å². The first-order valence-corrected chi connectivity index (χ1v) is 22.0. The quantitative estimate of drug-likeness (QED) is 0.0835. The molecule has 4 N–H and O–H groups in total. The highest BCUT2D eigenvalue weighted by Crippen LogP contribution is 2.52. The molecule has 296 valence electrons. The van der Waals surface area contributed by atoms with Crippen LogP contribution in [-0.2, 0) is 5.41 Å². The van der Waals surface area contributed by atoms with Crippen molar-refractivity contribution < 1.29 is 9.47 Å². The number of rotatable bonds is 17. The van der Waals surface area contributed by atoms with E-state index < -0.39 is 0 Å². The summed E-state index contributed by atoms with van der Waals surface area (Å²) in [6, 6.07) is 25.1. The van der Waals surface area contributed by atoms with Crippen LogP contribution in [0.3, 0.4) is 0 Å². The van der Waals surface area contributed by atoms with Gasteiger partial charge in [-0.05, 0) is 166 Å². The maximum absolute atomic E-state index is 6.48. The third kappa shape index (κ3) is 10.5. The molecule has 2 fully saturated rings. The van der Waals surface area contributed by atoms with Crippen LogP contribution in [0.2, 0.25) is 0 Å². The number of unbranched alkanes of at least 4 members (excludes halogenated alkanes) is 8. The largest absolute Gasteiger partial charge is 0.457 e.